The Hall–Kier alpha value is -2.83. The Morgan fingerprint density at radius 3 is 2.74 bits per heavy atom. The van der Waals surface area contributed by atoms with E-state index in [4.69, 9.17) is 9.15 Å². The Bertz CT molecular complexity index is 748. The van der Waals surface area contributed by atoms with E-state index in [9.17, 15) is 14.4 Å². The lowest BCUT2D eigenvalue weighted by Crippen LogP contribution is -2.39. The van der Waals surface area contributed by atoms with Gasteiger partial charge < -0.3 is 13.9 Å². The van der Waals surface area contributed by atoms with E-state index in [0.717, 1.165) is 18.1 Å². The van der Waals surface area contributed by atoms with Gasteiger partial charge in [0, 0.05) is 10.9 Å². The summed E-state index contributed by atoms with van der Waals surface area (Å²) < 4.78 is 14.7. The van der Waals surface area contributed by atoms with Crippen LogP contribution in [0.5, 0.6) is 0 Å². The highest BCUT2D eigenvalue weighted by atomic mass is 16.6. The molecule has 1 aromatic heterocycles. The number of aryl methyl sites for hydroxylation is 1. The predicted octanol–water partition coefficient (Wildman–Crippen LogP) is 2.10. The number of ether oxygens (including phenoxy) is 2. The largest absolute Gasteiger partial charge is 0.464 e. The Labute approximate surface area is 132 Å². The molecule has 2 amide bonds. The number of hydrogen-bond donors (Lipinski definition) is 1. The topological polar surface area (TPSA) is 94.8 Å². The van der Waals surface area contributed by atoms with E-state index < -0.39 is 24.1 Å². The molecular formula is C16H17NO6. The first-order valence-corrected chi connectivity index (χ1v) is 6.95. The van der Waals surface area contributed by atoms with Crippen LogP contribution in [-0.2, 0) is 25.5 Å². The molecule has 0 aliphatic heterocycles. The molecule has 2 aromatic rings. The third-order valence-corrected chi connectivity index (χ3v) is 3.23. The minimum Gasteiger partial charge on any atom is -0.464 e. The fourth-order valence-corrected chi connectivity index (χ4v) is 2.03. The van der Waals surface area contributed by atoms with Gasteiger partial charge in [0.15, 0.2) is 6.10 Å². The molecule has 7 nitrogen and oxygen atoms in total. The average molecular weight is 319 g/mol. The number of amides is 2. The van der Waals surface area contributed by atoms with Gasteiger partial charge in [0.2, 0.25) is 0 Å². The number of fused-ring (bicyclic) bond motifs is 1. The number of methoxy groups -OCH3 is 1. The molecule has 0 unspecified atom stereocenters. The van der Waals surface area contributed by atoms with Crippen LogP contribution in [0.3, 0.4) is 0 Å². The van der Waals surface area contributed by atoms with Crippen LogP contribution in [0.4, 0.5) is 4.79 Å². The third kappa shape index (κ3) is 4.09. The number of nitrogens with one attached hydrogen (secondary N) is 1. The molecule has 2 rings (SSSR count). The monoisotopic (exact) mass is 319 g/mol. The second-order valence-corrected chi connectivity index (χ2v) is 5.05. The van der Waals surface area contributed by atoms with E-state index in [1.807, 2.05) is 30.4 Å². The highest BCUT2D eigenvalue weighted by Crippen LogP contribution is 2.23. The van der Waals surface area contributed by atoms with Gasteiger partial charge in [-0.15, -0.1) is 0 Å². The summed E-state index contributed by atoms with van der Waals surface area (Å²) in [6.07, 6.45) is -0.563. The fraction of sp³-hybridized carbons (Fsp3) is 0.312. The molecule has 23 heavy (non-hydrogen) atoms. The van der Waals surface area contributed by atoms with Crippen molar-refractivity contribution in [1.29, 1.82) is 0 Å². The van der Waals surface area contributed by atoms with Crippen LogP contribution in [0.25, 0.3) is 11.0 Å². The molecule has 0 aliphatic carbocycles. The Kier molecular flexibility index (Phi) is 5.00. The molecular weight excluding hydrogens is 302 g/mol. The van der Waals surface area contributed by atoms with Crippen LogP contribution < -0.4 is 5.32 Å². The molecule has 0 radical (unpaired) electrons. The van der Waals surface area contributed by atoms with Crippen molar-refractivity contribution in [2.75, 3.05) is 7.11 Å². The van der Waals surface area contributed by atoms with Crippen LogP contribution in [0.15, 0.2) is 28.9 Å². The highest BCUT2D eigenvalue weighted by Gasteiger charge is 2.21. The summed E-state index contributed by atoms with van der Waals surface area (Å²) in [4.78, 5) is 34.5. The lowest BCUT2D eigenvalue weighted by molar-refractivity contribution is -0.153. The molecule has 0 bridgehead atoms. The van der Waals surface area contributed by atoms with Crippen LogP contribution in [0, 0.1) is 6.92 Å². The number of benzene rings is 1. The van der Waals surface area contributed by atoms with E-state index >= 15 is 0 Å². The molecule has 0 aliphatic rings. The molecule has 1 heterocycles. The summed E-state index contributed by atoms with van der Waals surface area (Å²) in [7, 11) is 1.13. The molecule has 1 N–H and O–H groups in total. The number of carbonyl (C=O) groups excluding carboxylic acids is 3. The second-order valence-electron chi connectivity index (χ2n) is 5.05. The maximum Gasteiger partial charge on any atom is 0.413 e. The Morgan fingerprint density at radius 1 is 1.30 bits per heavy atom. The van der Waals surface area contributed by atoms with Crippen molar-refractivity contribution in [2.45, 2.75) is 26.4 Å². The quantitative estimate of drug-likeness (QED) is 0.867. The number of furan rings is 1. The van der Waals surface area contributed by atoms with E-state index in [-0.39, 0.29) is 6.42 Å². The zero-order valence-electron chi connectivity index (χ0n) is 13.0. The van der Waals surface area contributed by atoms with Crippen molar-refractivity contribution in [1.82, 2.24) is 5.32 Å². The van der Waals surface area contributed by atoms with Crippen molar-refractivity contribution in [3.8, 4) is 0 Å². The number of carbonyl (C=O) groups is 3. The van der Waals surface area contributed by atoms with Gasteiger partial charge >= 0.3 is 12.1 Å². The second kappa shape index (κ2) is 6.95. The van der Waals surface area contributed by atoms with Gasteiger partial charge in [0.1, 0.15) is 5.58 Å². The van der Waals surface area contributed by atoms with Gasteiger partial charge in [-0.3, -0.25) is 14.9 Å². The molecule has 0 fully saturated rings. The fourth-order valence-electron chi connectivity index (χ4n) is 2.03. The minimum absolute atomic E-state index is 0.0358. The summed E-state index contributed by atoms with van der Waals surface area (Å²) in [5.74, 6) is -1.35. The van der Waals surface area contributed by atoms with Crippen molar-refractivity contribution in [2.24, 2.45) is 0 Å². The summed E-state index contributed by atoms with van der Waals surface area (Å²) in [6, 6.07) is 5.65. The number of imide groups is 1. The van der Waals surface area contributed by atoms with E-state index in [2.05, 4.69) is 4.74 Å². The van der Waals surface area contributed by atoms with Gasteiger partial charge in [-0.25, -0.2) is 4.79 Å². The maximum atomic E-state index is 11.9. The summed E-state index contributed by atoms with van der Waals surface area (Å²) in [5, 5.41) is 2.75. The summed E-state index contributed by atoms with van der Waals surface area (Å²) in [6.45, 7) is 3.31. The smallest absolute Gasteiger partial charge is 0.413 e. The van der Waals surface area contributed by atoms with Crippen LogP contribution >= 0.6 is 0 Å². The third-order valence-electron chi connectivity index (χ3n) is 3.23. The van der Waals surface area contributed by atoms with Crippen LogP contribution in [0.2, 0.25) is 0 Å². The normalized spacial score (nSPS) is 11.8. The lowest BCUT2D eigenvalue weighted by atomic mass is 10.1. The number of esters is 1. The zero-order valence-corrected chi connectivity index (χ0v) is 13.0. The van der Waals surface area contributed by atoms with E-state index in [1.165, 1.54) is 13.2 Å². The Balaban J connectivity index is 1.98. The van der Waals surface area contributed by atoms with Gasteiger partial charge in [-0.05, 0) is 25.5 Å². The van der Waals surface area contributed by atoms with Crippen molar-refractivity contribution in [3.05, 3.63) is 35.6 Å². The molecule has 122 valence electrons. The van der Waals surface area contributed by atoms with Gasteiger partial charge in [0.25, 0.3) is 5.91 Å². The number of hydrogen-bond acceptors (Lipinski definition) is 6. The van der Waals surface area contributed by atoms with Crippen molar-refractivity contribution in [3.63, 3.8) is 0 Å². The molecule has 0 spiro atoms. The predicted molar refractivity (Wildman–Crippen MR) is 80.8 cm³/mol. The van der Waals surface area contributed by atoms with Crippen LogP contribution in [0.1, 0.15) is 18.1 Å². The molecule has 1 atom stereocenters. The standard InChI is InChI=1S/C16H17NO6/c1-9-4-5-12-11(8-22-13(12)6-9)7-14(18)23-10(2)15(19)17-16(20)21-3/h4-6,8,10H,7H2,1-3H3,(H,17,19,20)/t10-/m1/s1. The van der Waals surface area contributed by atoms with Gasteiger partial charge in [0.05, 0.1) is 19.8 Å². The van der Waals surface area contributed by atoms with E-state index in [0.29, 0.717) is 11.1 Å². The van der Waals surface area contributed by atoms with Crippen LogP contribution in [-0.4, -0.2) is 31.2 Å². The first-order chi connectivity index (χ1) is 10.9. The SMILES string of the molecule is COC(=O)NC(=O)[C@@H](C)OC(=O)Cc1coc2cc(C)ccc12. The first-order valence-electron chi connectivity index (χ1n) is 6.95. The minimum atomic E-state index is -1.11. The van der Waals surface area contributed by atoms with Crippen molar-refractivity contribution >= 4 is 28.9 Å². The zero-order chi connectivity index (χ0) is 17.0. The number of alkyl carbamates (subject to hydrolysis) is 1. The molecule has 1 aromatic carbocycles. The maximum absolute atomic E-state index is 11.9. The molecule has 0 saturated heterocycles. The Morgan fingerprint density at radius 2 is 2.04 bits per heavy atom. The lowest BCUT2D eigenvalue weighted by Gasteiger charge is -2.12. The number of rotatable bonds is 4. The first kappa shape index (κ1) is 16.5. The molecule has 7 heteroatoms. The average Bonchev–Trinajstić information content (AvgIpc) is 2.88. The van der Waals surface area contributed by atoms with Gasteiger partial charge in [-0.1, -0.05) is 12.1 Å². The van der Waals surface area contributed by atoms with Crippen molar-refractivity contribution < 1.29 is 28.3 Å². The highest BCUT2D eigenvalue weighted by molar-refractivity contribution is 5.95. The summed E-state index contributed by atoms with van der Waals surface area (Å²) >= 11 is 0. The molecule has 0 saturated carbocycles. The van der Waals surface area contributed by atoms with Gasteiger partial charge in [-0.2, -0.15) is 0 Å². The van der Waals surface area contributed by atoms with E-state index in [1.54, 1.807) is 0 Å². The summed E-state index contributed by atoms with van der Waals surface area (Å²) in [5.41, 5.74) is 2.41.